The van der Waals surface area contributed by atoms with E-state index in [4.69, 9.17) is 20.8 Å². The van der Waals surface area contributed by atoms with Crippen LogP contribution in [0.3, 0.4) is 0 Å². The largest absolute Gasteiger partial charge is 0.544 e. The molecule has 5 heteroatoms. The van der Waals surface area contributed by atoms with E-state index in [0.29, 0.717) is 5.75 Å². The first kappa shape index (κ1) is 12.3. The Hall–Kier alpha value is -0.743. The first-order valence-electron chi connectivity index (χ1n) is 4.55. The SMILES string of the molecule is COc1c(F)cc(O[Si](C)(C)C)cc1Cl. The van der Waals surface area contributed by atoms with Crippen molar-refractivity contribution in [1.82, 2.24) is 0 Å². The minimum absolute atomic E-state index is 0.0552. The predicted molar refractivity (Wildman–Crippen MR) is 61.9 cm³/mol. The summed E-state index contributed by atoms with van der Waals surface area (Å²) in [6.07, 6.45) is 0. The van der Waals surface area contributed by atoms with Crippen LogP contribution in [0.15, 0.2) is 12.1 Å². The highest BCUT2D eigenvalue weighted by molar-refractivity contribution is 6.70. The van der Waals surface area contributed by atoms with Crippen molar-refractivity contribution in [1.29, 1.82) is 0 Å². The molecule has 1 aromatic carbocycles. The molecule has 0 bridgehead atoms. The molecule has 0 spiro atoms. The van der Waals surface area contributed by atoms with Gasteiger partial charge >= 0.3 is 0 Å². The minimum Gasteiger partial charge on any atom is -0.544 e. The third-order valence-corrected chi connectivity index (χ3v) is 2.73. The van der Waals surface area contributed by atoms with Gasteiger partial charge in [-0.2, -0.15) is 0 Å². The molecule has 0 aliphatic rings. The maximum absolute atomic E-state index is 13.4. The summed E-state index contributed by atoms with van der Waals surface area (Å²) in [6.45, 7) is 6.05. The molecule has 0 heterocycles. The van der Waals surface area contributed by atoms with Crippen molar-refractivity contribution in [2.24, 2.45) is 0 Å². The molecular formula is C10H14ClFO2Si. The molecule has 1 rings (SSSR count). The number of hydrogen-bond donors (Lipinski definition) is 0. The van der Waals surface area contributed by atoms with Crippen LogP contribution in [0.5, 0.6) is 11.5 Å². The number of halogens is 2. The monoisotopic (exact) mass is 248 g/mol. The highest BCUT2D eigenvalue weighted by Gasteiger charge is 2.18. The molecule has 0 aromatic heterocycles. The summed E-state index contributed by atoms with van der Waals surface area (Å²) in [5.41, 5.74) is 0. The van der Waals surface area contributed by atoms with Gasteiger partial charge in [0, 0.05) is 12.1 Å². The van der Waals surface area contributed by atoms with Crippen molar-refractivity contribution in [2.75, 3.05) is 7.11 Å². The van der Waals surface area contributed by atoms with Crippen molar-refractivity contribution < 1.29 is 13.6 Å². The molecule has 0 aliphatic heterocycles. The zero-order valence-corrected chi connectivity index (χ0v) is 11.0. The number of hydrogen-bond acceptors (Lipinski definition) is 2. The first-order valence-corrected chi connectivity index (χ1v) is 8.34. The fourth-order valence-corrected chi connectivity index (χ4v) is 2.24. The summed E-state index contributed by atoms with van der Waals surface area (Å²) in [7, 11) is -0.359. The van der Waals surface area contributed by atoms with Gasteiger partial charge in [-0.25, -0.2) is 4.39 Å². The Morgan fingerprint density at radius 2 is 1.87 bits per heavy atom. The lowest BCUT2D eigenvalue weighted by Crippen LogP contribution is -2.29. The highest BCUT2D eigenvalue weighted by Crippen LogP contribution is 2.32. The van der Waals surface area contributed by atoms with Gasteiger partial charge in [0.2, 0.25) is 8.32 Å². The summed E-state index contributed by atoms with van der Waals surface area (Å²) < 4.78 is 23.8. The average Bonchev–Trinajstić information content (AvgIpc) is 1.99. The Balaban J connectivity index is 3.04. The third kappa shape index (κ3) is 3.39. The van der Waals surface area contributed by atoms with E-state index in [1.165, 1.54) is 13.2 Å². The summed E-state index contributed by atoms with van der Waals surface area (Å²) in [5, 5.41) is 0.228. The van der Waals surface area contributed by atoms with E-state index in [0.717, 1.165) is 0 Å². The molecular weight excluding hydrogens is 235 g/mol. The molecule has 0 N–H and O–H groups in total. The Kier molecular flexibility index (Phi) is 3.62. The lowest BCUT2D eigenvalue weighted by molar-refractivity contribution is 0.385. The van der Waals surface area contributed by atoms with Crippen LogP contribution in [-0.2, 0) is 0 Å². The van der Waals surface area contributed by atoms with E-state index in [1.54, 1.807) is 6.07 Å². The fourth-order valence-electron chi connectivity index (χ4n) is 1.14. The van der Waals surface area contributed by atoms with E-state index in [1.807, 2.05) is 19.6 Å². The number of benzene rings is 1. The molecule has 0 saturated carbocycles. The number of rotatable bonds is 3. The first-order chi connectivity index (χ1) is 6.83. The standard InChI is InChI=1S/C10H14ClFO2Si/c1-13-10-8(11)5-7(6-9(10)12)14-15(2,3)4/h5-6H,1-4H3. The third-order valence-electron chi connectivity index (χ3n) is 1.60. The van der Waals surface area contributed by atoms with Gasteiger partial charge in [0.15, 0.2) is 11.6 Å². The molecule has 0 radical (unpaired) electrons. The lowest BCUT2D eigenvalue weighted by atomic mass is 10.3. The summed E-state index contributed by atoms with van der Waals surface area (Å²) in [6, 6.07) is 2.87. The maximum atomic E-state index is 13.4. The second-order valence-electron chi connectivity index (χ2n) is 4.13. The van der Waals surface area contributed by atoms with Crippen LogP contribution in [0.2, 0.25) is 24.7 Å². The quantitative estimate of drug-likeness (QED) is 0.760. The lowest BCUT2D eigenvalue weighted by Gasteiger charge is -2.19. The fraction of sp³-hybridized carbons (Fsp3) is 0.400. The van der Waals surface area contributed by atoms with Crippen LogP contribution in [-0.4, -0.2) is 15.4 Å². The van der Waals surface area contributed by atoms with Crippen molar-refractivity contribution in [3.63, 3.8) is 0 Å². The Morgan fingerprint density at radius 1 is 1.27 bits per heavy atom. The molecule has 0 atom stereocenters. The highest BCUT2D eigenvalue weighted by atomic mass is 35.5. The maximum Gasteiger partial charge on any atom is 0.242 e. The van der Waals surface area contributed by atoms with Gasteiger partial charge in [0.1, 0.15) is 5.75 Å². The Bertz CT molecular complexity index is 340. The molecule has 1 aromatic rings. The van der Waals surface area contributed by atoms with E-state index >= 15 is 0 Å². The van der Waals surface area contributed by atoms with E-state index in [-0.39, 0.29) is 10.8 Å². The second-order valence-corrected chi connectivity index (χ2v) is 8.97. The van der Waals surface area contributed by atoms with Crippen LogP contribution in [0, 0.1) is 5.82 Å². The average molecular weight is 249 g/mol. The Morgan fingerprint density at radius 3 is 2.27 bits per heavy atom. The van der Waals surface area contributed by atoms with E-state index in [9.17, 15) is 4.39 Å². The summed E-state index contributed by atoms with van der Waals surface area (Å²) in [5.74, 6) is 0.00955. The van der Waals surface area contributed by atoms with E-state index < -0.39 is 14.1 Å². The molecule has 2 nitrogen and oxygen atoms in total. The minimum atomic E-state index is -1.74. The predicted octanol–water partition coefficient (Wildman–Crippen LogP) is 3.70. The van der Waals surface area contributed by atoms with E-state index in [2.05, 4.69) is 0 Å². The molecule has 0 unspecified atom stereocenters. The number of ether oxygens (including phenoxy) is 1. The van der Waals surface area contributed by atoms with Gasteiger partial charge in [0.25, 0.3) is 0 Å². The Labute approximate surface area is 95.1 Å². The summed E-state index contributed by atoms with van der Waals surface area (Å²) in [4.78, 5) is 0. The van der Waals surface area contributed by atoms with Crippen LogP contribution >= 0.6 is 11.6 Å². The molecule has 0 amide bonds. The van der Waals surface area contributed by atoms with Gasteiger partial charge < -0.3 is 9.16 Å². The van der Waals surface area contributed by atoms with Gasteiger partial charge in [0.05, 0.1) is 12.1 Å². The van der Waals surface area contributed by atoms with Crippen LogP contribution < -0.4 is 9.16 Å². The zero-order valence-electron chi connectivity index (χ0n) is 9.23. The molecule has 15 heavy (non-hydrogen) atoms. The molecule has 0 aliphatic carbocycles. The smallest absolute Gasteiger partial charge is 0.242 e. The van der Waals surface area contributed by atoms with Crippen molar-refractivity contribution >= 4 is 19.9 Å². The van der Waals surface area contributed by atoms with Crippen molar-refractivity contribution in [3.05, 3.63) is 23.0 Å². The second kappa shape index (κ2) is 4.41. The van der Waals surface area contributed by atoms with Gasteiger partial charge in [-0.1, -0.05) is 11.6 Å². The van der Waals surface area contributed by atoms with Crippen LogP contribution in [0.4, 0.5) is 4.39 Å². The molecule has 0 fully saturated rings. The van der Waals surface area contributed by atoms with Crippen LogP contribution in [0.1, 0.15) is 0 Å². The molecule has 0 saturated heterocycles. The zero-order chi connectivity index (χ0) is 11.6. The topological polar surface area (TPSA) is 18.5 Å². The van der Waals surface area contributed by atoms with Gasteiger partial charge in [-0.05, 0) is 19.6 Å². The van der Waals surface area contributed by atoms with Gasteiger partial charge in [-0.3, -0.25) is 0 Å². The molecule has 84 valence electrons. The van der Waals surface area contributed by atoms with Crippen molar-refractivity contribution in [2.45, 2.75) is 19.6 Å². The van der Waals surface area contributed by atoms with Crippen LogP contribution in [0.25, 0.3) is 0 Å². The normalized spacial score (nSPS) is 11.3. The summed E-state index contributed by atoms with van der Waals surface area (Å²) >= 11 is 5.83. The number of methoxy groups -OCH3 is 1. The van der Waals surface area contributed by atoms with Crippen molar-refractivity contribution in [3.8, 4) is 11.5 Å². The van der Waals surface area contributed by atoms with Gasteiger partial charge in [-0.15, -0.1) is 0 Å².